The lowest BCUT2D eigenvalue weighted by Crippen LogP contribution is -2.45. The second kappa shape index (κ2) is 10.8. The smallest absolute Gasteiger partial charge is 0.251 e. The number of nitrogens with two attached hydrogens (primary N) is 1. The average molecular weight is 505 g/mol. The fourth-order valence-corrected chi connectivity index (χ4v) is 4.29. The van der Waals surface area contributed by atoms with Gasteiger partial charge in [-0.3, -0.25) is 9.59 Å². The summed E-state index contributed by atoms with van der Waals surface area (Å²) in [5.41, 5.74) is 8.14. The van der Waals surface area contributed by atoms with E-state index in [1.807, 2.05) is 13.1 Å². The Morgan fingerprint density at radius 1 is 1.19 bits per heavy atom. The molecule has 0 aliphatic carbocycles. The summed E-state index contributed by atoms with van der Waals surface area (Å²) in [4.78, 5) is 26.7. The van der Waals surface area contributed by atoms with Gasteiger partial charge in [0, 0.05) is 40.2 Å². The van der Waals surface area contributed by atoms with Crippen LogP contribution in [0.1, 0.15) is 43.3 Å². The molecule has 32 heavy (non-hydrogen) atoms. The maximum absolute atomic E-state index is 12.7. The van der Waals surface area contributed by atoms with Crippen molar-refractivity contribution >= 4 is 47.4 Å². The topological polar surface area (TPSA) is 136 Å². The molecule has 11 heteroatoms. The van der Waals surface area contributed by atoms with Crippen LogP contribution in [-0.2, 0) is 6.54 Å². The van der Waals surface area contributed by atoms with E-state index in [1.54, 1.807) is 18.2 Å². The first kappa shape index (κ1) is 26.3. The zero-order valence-electron chi connectivity index (χ0n) is 17.1. The van der Waals surface area contributed by atoms with Gasteiger partial charge < -0.3 is 31.3 Å². The van der Waals surface area contributed by atoms with E-state index < -0.39 is 30.8 Å². The third-order valence-electron chi connectivity index (χ3n) is 5.27. The van der Waals surface area contributed by atoms with Crippen molar-refractivity contribution in [3.05, 3.63) is 68.2 Å². The lowest BCUT2D eigenvalue weighted by atomic mass is 9.83. The van der Waals surface area contributed by atoms with Crippen molar-refractivity contribution in [2.75, 3.05) is 20.2 Å². The van der Waals surface area contributed by atoms with E-state index in [-0.39, 0.29) is 29.5 Å². The van der Waals surface area contributed by atoms with E-state index in [0.29, 0.717) is 28.7 Å². The highest BCUT2D eigenvalue weighted by Crippen LogP contribution is 2.38. The van der Waals surface area contributed by atoms with Gasteiger partial charge >= 0.3 is 0 Å². The van der Waals surface area contributed by atoms with E-state index >= 15 is 0 Å². The summed E-state index contributed by atoms with van der Waals surface area (Å²) in [5, 5.41) is 31.1. The molecule has 2 aromatic rings. The zero-order chi connectivity index (χ0) is 22.9. The van der Waals surface area contributed by atoms with E-state index in [0.717, 1.165) is 11.1 Å². The Labute approximate surface area is 201 Å². The molecule has 0 radical (unpaired) electrons. The molecular formula is C21H24Cl3N3O5. The van der Waals surface area contributed by atoms with Crippen molar-refractivity contribution in [1.82, 2.24) is 10.2 Å². The van der Waals surface area contributed by atoms with Gasteiger partial charge in [0.15, 0.2) is 6.29 Å². The van der Waals surface area contributed by atoms with Gasteiger partial charge in [-0.25, -0.2) is 0 Å². The zero-order valence-corrected chi connectivity index (χ0v) is 19.4. The molecule has 1 heterocycles. The molecule has 2 atom stereocenters. The van der Waals surface area contributed by atoms with Crippen LogP contribution < -0.4 is 11.1 Å². The van der Waals surface area contributed by atoms with Crippen molar-refractivity contribution in [2.24, 2.45) is 5.73 Å². The lowest BCUT2D eigenvalue weighted by Gasteiger charge is -2.33. The van der Waals surface area contributed by atoms with Gasteiger partial charge in [-0.05, 0) is 54.1 Å². The summed E-state index contributed by atoms with van der Waals surface area (Å²) >= 11 is 12.6. The molecule has 0 saturated carbocycles. The second-order valence-corrected chi connectivity index (χ2v) is 8.43. The molecule has 0 bridgehead atoms. The summed E-state index contributed by atoms with van der Waals surface area (Å²) in [7, 11) is 1.93. The SMILES string of the molecule is CN1Cc2c(Cl)cc(Cl)cc2C(c2cc(C(N)=O)cc(C(=O)NC(CO)C(O)O)c2)C1.Cl. The van der Waals surface area contributed by atoms with E-state index in [9.17, 15) is 24.9 Å². The Balaban J connectivity index is 0.00000363. The number of carbonyl (C=O) groups is 2. The molecule has 1 aliphatic rings. The minimum Gasteiger partial charge on any atom is -0.394 e. The fraction of sp³-hybridized carbons (Fsp3) is 0.333. The summed E-state index contributed by atoms with van der Waals surface area (Å²) in [6.45, 7) is 0.530. The number of primary amides is 1. The van der Waals surface area contributed by atoms with Gasteiger partial charge in [0.05, 0.1) is 6.61 Å². The minimum atomic E-state index is -1.95. The van der Waals surface area contributed by atoms with Crippen LogP contribution in [0.25, 0.3) is 0 Å². The molecule has 0 spiro atoms. The molecule has 2 amide bonds. The largest absolute Gasteiger partial charge is 0.394 e. The molecule has 2 unspecified atom stereocenters. The number of fused-ring (bicyclic) bond motifs is 1. The number of amides is 2. The summed E-state index contributed by atoms with van der Waals surface area (Å²) in [6.07, 6.45) is -1.95. The molecule has 0 fully saturated rings. The van der Waals surface area contributed by atoms with Gasteiger partial charge in [0.2, 0.25) is 5.91 Å². The van der Waals surface area contributed by atoms with Crippen LogP contribution in [0.15, 0.2) is 30.3 Å². The lowest BCUT2D eigenvalue weighted by molar-refractivity contribution is -0.0755. The number of aliphatic hydroxyl groups is 3. The highest BCUT2D eigenvalue weighted by Gasteiger charge is 2.29. The number of nitrogens with one attached hydrogen (secondary N) is 1. The summed E-state index contributed by atoms with van der Waals surface area (Å²) in [6, 6.07) is 6.74. The molecule has 2 aromatic carbocycles. The average Bonchev–Trinajstić information content (AvgIpc) is 2.71. The third kappa shape index (κ3) is 5.71. The van der Waals surface area contributed by atoms with Crippen LogP contribution in [0.4, 0.5) is 0 Å². The first-order chi connectivity index (χ1) is 14.6. The number of rotatable bonds is 6. The Hall–Kier alpha value is -1.91. The minimum absolute atomic E-state index is 0. The first-order valence-corrected chi connectivity index (χ1v) is 10.2. The number of hydrogen-bond donors (Lipinski definition) is 5. The Morgan fingerprint density at radius 2 is 1.84 bits per heavy atom. The van der Waals surface area contributed by atoms with Crippen molar-refractivity contribution in [1.29, 1.82) is 0 Å². The Bertz CT molecular complexity index is 1020. The molecular weight excluding hydrogens is 481 g/mol. The number of carbonyl (C=O) groups excluding carboxylic acids is 2. The number of nitrogens with zero attached hydrogens (tertiary/aromatic N) is 1. The van der Waals surface area contributed by atoms with Crippen molar-refractivity contribution < 1.29 is 24.9 Å². The standard InChI is InChI=1S/C21H23Cl2N3O5.ClH/c1-26-7-15(14-5-13(22)6-17(23)16(14)8-26)10-2-11(19(24)28)4-12(3-10)20(29)25-18(9-27)21(30)31;/h2-6,15,18,21,27,30-31H,7-9H2,1H3,(H2,24,28)(H,25,29);1H. The molecule has 3 rings (SSSR count). The van der Waals surface area contributed by atoms with Crippen molar-refractivity contribution in [3.63, 3.8) is 0 Å². The second-order valence-electron chi connectivity index (χ2n) is 7.59. The molecule has 8 nitrogen and oxygen atoms in total. The fourth-order valence-electron chi connectivity index (χ4n) is 3.72. The normalized spacial score (nSPS) is 16.8. The Kier molecular flexibility index (Phi) is 8.90. The van der Waals surface area contributed by atoms with E-state index in [4.69, 9.17) is 28.9 Å². The van der Waals surface area contributed by atoms with E-state index in [1.165, 1.54) is 6.07 Å². The molecule has 174 valence electrons. The van der Waals surface area contributed by atoms with Crippen LogP contribution in [0.3, 0.4) is 0 Å². The van der Waals surface area contributed by atoms with Crippen LogP contribution in [0.5, 0.6) is 0 Å². The quantitative estimate of drug-likeness (QED) is 0.378. The maximum Gasteiger partial charge on any atom is 0.251 e. The molecule has 0 saturated heterocycles. The monoisotopic (exact) mass is 503 g/mol. The van der Waals surface area contributed by atoms with E-state index in [2.05, 4.69) is 10.2 Å². The van der Waals surface area contributed by atoms with Gasteiger partial charge in [-0.2, -0.15) is 0 Å². The number of benzene rings is 2. The molecule has 6 N–H and O–H groups in total. The van der Waals surface area contributed by atoms with Crippen LogP contribution in [0.2, 0.25) is 10.0 Å². The van der Waals surface area contributed by atoms with Gasteiger partial charge in [0.1, 0.15) is 6.04 Å². The molecule has 0 aromatic heterocycles. The highest BCUT2D eigenvalue weighted by atomic mass is 35.5. The van der Waals surface area contributed by atoms with Gasteiger partial charge in [0.25, 0.3) is 5.91 Å². The number of halogens is 3. The highest BCUT2D eigenvalue weighted by molar-refractivity contribution is 6.35. The van der Waals surface area contributed by atoms with Gasteiger partial charge in [-0.1, -0.05) is 23.2 Å². The Morgan fingerprint density at radius 3 is 2.44 bits per heavy atom. The predicted molar refractivity (Wildman–Crippen MR) is 123 cm³/mol. The number of hydrogen-bond acceptors (Lipinski definition) is 6. The number of likely N-dealkylation sites (N-methyl/N-ethyl adjacent to an activating group) is 1. The number of aliphatic hydroxyl groups excluding tert-OH is 2. The summed E-state index contributed by atoms with van der Waals surface area (Å²) < 4.78 is 0. The summed E-state index contributed by atoms with van der Waals surface area (Å²) in [5.74, 6) is -1.65. The van der Waals surface area contributed by atoms with Crippen molar-refractivity contribution in [3.8, 4) is 0 Å². The maximum atomic E-state index is 12.7. The van der Waals surface area contributed by atoms with Gasteiger partial charge in [-0.15, -0.1) is 12.4 Å². The molecule has 1 aliphatic heterocycles. The predicted octanol–water partition coefficient (Wildman–Crippen LogP) is 1.49. The van der Waals surface area contributed by atoms with Crippen LogP contribution >= 0.6 is 35.6 Å². The first-order valence-electron chi connectivity index (χ1n) is 9.49. The third-order valence-corrected chi connectivity index (χ3v) is 5.83. The van der Waals surface area contributed by atoms with Crippen LogP contribution in [-0.4, -0.2) is 64.6 Å². The van der Waals surface area contributed by atoms with Crippen molar-refractivity contribution in [2.45, 2.75) is 24.8 Å². The van der Waals surface area contributed by atoms with Crippen LogP contribution in [0, 0.1) is 0 Å².